The fourth-order valence-electron chi connectivity index (χ4n) is 3.03. The maximum atomic E-state index is 13.4. The standard InChI is InChI=1S/C23H20FN2P/c1-17-3-11-21(12-4-17)27(22-13-5-18(2)6-14-22)23-25-15-16-26(23)20-9-7-19(24)8-10-20/h3-16H,1-2H3. The molecule has 2 nitrogen and oxygen atoms in total. The molecular formula is C23H20FN2P. The predicted molar refractivity (Wildman–Crippen MR) is 112 cm³/mol. The van der Waals surface area contributed by atoms with Crippen molar-refractivity contribution >= 4 is 24.1 Å². The summed E-state index contributed by atoms with van der Waals surface area (Å²) in [7, 11) is -0.828. The number of rotatable bonds is 4. The molecule has 0 aliphatic carbocycles. The van der Waals surface area contributed by atoms with Gasteiger partial charge in [-0.25, -0.2) is 9.37 Å². The van der Waals surface area contributed by atoms with Gasteiger partial charge >= 0.3 is 0 Å². The van der Waals surface area contributed by atoms with Crippen LogP contribution in [-0.4, -0.2) is 9.55 Å². The van der Waals surface area contributed by atoms with E-state index in [0.29, 0.717) is 0 Å². The number of hydrogen-bond donors (Lipinski definition) is 0. The van der Waals surface area contributed by atoms with Crippen molar-refractivity contribution in [3.63, 3.8) is 0 Å². The molecule has 0 bridgehead atoms. The van der Waals surface area contributed by atoms with Gasteiger partial charge in [-0.2, -0.15) is 0 Å². The minimum Gasteiger partial charge on any atom is -0.300 e. The van der Waals surface area contributed by atoms with Crippen LogP contribution in [0.1, 0.15) is 11.1 Å². The average molecular weight is 374 g/mol. The Morgan fingerprint density at radius 3 is 1.78 bits per heavy atom. The van der Waals surface area contributed by atoms with E-state index in [-0.39, 0.29) is 5.82 Å². The van der Waals surface area contributed by atoms with Crippen LogP contribution >= 0.6 is 7.92 Å². The highest BCUT2D eigenvalue weighted by Gasteiger charge is 2.22. The van der Waals surface area contributed by atoms with Crippen molar-refractivity contribution in [2.45, 2.75) is 13.8 Å². The van der Waals surface area contributed by atoms with Crippen molar-refractivity contribution in [2.24, 2.45) is 0 Å². The highest BCUT2D eigenvalue weighted by atomic mass is 31.1. The second-order valence-electron chi connectivity index (χ2n) is 6.58. The van der Waals surface area contributed by atoms with E-state index in [0.717, 1.165) is 11.3 Å². The molecule has 0 spiro atoms. The van der Waals surface area contributed by atoms with Gasteiger partial charge in [0, 0.05) is 26.0 Å². The summed E-state index contributed by atoms with van der Waals surface area (Å²) in [5.74, 6) is -0.236. The topological polar surface area (TPSA) is 17.8 Å². The molecule has 0 saturated heterocycles. The summed E-state index contributed by atoms with van der Waals surface area (Å²) < 4.78 is 15.4. The Labute approximate surface area is 160 Å². The van der Waals surface area contributed by atoms with E-state index in [4.69, 9.17) is 4.98 Å². The smallest absolute Gasteiger partial charge is 0.145 e. The third kappa shape index (κ3) is 3.70. The quantitative estimate of drug-likeness (QED) is 0.485. The summed E-state index contributed by atoms with van der Waals surface area (Å²) in [6, 6.07) is 23.9. The molecule has 4 aromatic rings. The summed E-state index contributed by atoms with van der Waals surface area (Å²) in [5.41, 5.74) is 4.36. The van der Waals surface area contributed by atoms with Crippen molar-refractivity contribution in [1.82, 2.24) is 9.55 Å². The van der Waals surface area contributed by atoms with Crippen LogP contribution in [0.5, 0.6) is 0 Å². The lowest BCUT2D eigenvalue weighted by molar-refractivity contribution is 0.627. The zero-order chi connectivity index (χ0) is 18.8. The van der Waals surface area contributed by atoms with Gasteiger partial charge in [0.1, 0.15) is 11.4 Å². The van der Waals surface area contributed by atoms with E-state index in [2.05, 4.69) is 66.9 Å². The van der Waals surface area contributed by atoms with Crippen molar-refractivity contribution < 1.29 is 4.39 Å². The number of halogens is 1. The molecule has 0 unspecified atom stereocenters. The fraction of sp³-hybridized carbons (Fsp3) is 0.0870. The lowest BCUT2D eigenvalue weighted by Crippen LogP contribution is -2.27. The number of nitrogens with zero attached hydrogens (tertiary/aromatic N) is 2. The normalized spacial score (nSPS) is 11.1. The van der Waals surface area contributed by atoms with Crippen LogP contribution in [0.4, 0.5) is 4.39 Å². The number of aromatic nitrogens is 2. The van der Waals surface area contributed by atoms with Gasteiger partial charge in [-0.1, -0.05) is 59.7 Å². The van der Waals surface area contributed by atoms with Crippen molar-refractivity contribution in [1.29, 1.82) is 0 Å². The zero-order valence-electron chi connectivity index (χ0n) is 15.3. The molecule has 0 fully saturated rings. The first-order valence-electron chi connectivity index (χ1n) is 8.84. The van der Waals surface area contributed by atoms with E-state index in [1.165, 1.54) is 33.9 Å². The van der Waals surface area contributed by atoms with Crippen LogP contribution in [0.25, 0.3) is 5.69 Å². The van der Waals surface area contributed by atoms with Crippen LogP contribution in [0.15, 0.2) is 85.2 Å². The minimum atomic E-state index is -0.828. The molecule has 0 N–H and O–H groups in total. The highest BCUT2D eigenvalue weighted by molar-refractivity contribution is 7.79. The molecule has 0 aliphatic rings. The number of imidazole rings is 1. The van der Waals surface area contributed by atoms with Gasteiger partial charge in [-0.05, 0) is 48.7 Å². The van der Waals surface area contributed by atoms with Crippen LogP contribution in [-0.2, 0) is 0 Å². The lowest BCUT2D eigenvalue weighted by Gasteiger charge is -2.20. The Morgan fingerprint density at radius 2 is 1.26 bits per heavy atom. The van der Waals surface area contributed by atoms with Crippen molar-refractivity contribution in [2.75, 3.05) is 0 Å². The molecule has 1 heterocycles. The molecule has 1 aromatic heterocycles. The van der Waals surface area contributed by atoms with E-state index in [1.807, 2.05) is 12.4 Å². The van der Waals surface area contributed by atoms with Gasteiger partial charge in [0.2, 0.25) is 0 Å². The second kappa shape index (κ2) is 7.46. The molecule has 4 rings (SSSR count). The van der Waals surface area contributed by atoms with Gasteiger partial charge < -0.3 is 0 Å². The third-order valence-electron chi connectivity index (χ3n) is 4.51. The molecule has 0 saturated carbocycles. The second-order valence-corrected chi connectivity index (χ2v) is 8.68. The highest BCUT2D eigenvalue weighted by Crippen LogP contribution is 2.33. The SMILES string of the molecule is Cc1ccc(P(c2ccc(C)cc2)c2nccn2-c2ccc(F)cc2)cc1. The maximum Gasteiger partial charge on any atom is 0.145 e. The van der Waals surface area contributed by atoms with Gasteiger partial charge in [-0.15, -0.1) is 0 Å². The molecule has 3 aromatic carbocycles. The van der Waals surface area contributed by atoms with Crippen molar-refractivity contribution in [3.8, 4) is 5.69 Å². The lowest BCUT2D eigenvalue weighted by atomic mass is 10.2. The van der Waals surface area contributed by atoms with E-state index in [9.17, 15) is 4.39 Å². The van der Waals surface area contributed by atoms with Gasteiger partial charge in [0.25, 0.3) is 0 Å². The summed E-state index contributed by atoms with van der Waals surface area (Å²) in [6.45, 7) is 4.19. The zero-order valence-corrected chi connectivity index (χ0v) is 16.2. The molecule has 0 radical (unpaired) electrons. The molecule has 27 heavy (non-hydrogen) atoms. The van der Waals surface area contributed by atoms with Crippen LogP contribution in [0.3, 0.4) is 0 Å². The van der Waals surface area contributed by atoms with Gasteiger partial charge in [-0.3, -0.25) is 4.57 Å². The Hall–Kier alpha value is -2.77. The molecule has 0 aliphatic heterocycles. The van der Waals surface area contributed by atoms with Gasteiger partial charge in [0.15, 0.2) is 0 Å². The van der Waals surface area contributed by atoms with Crippen LogP contribution in [0.2, 0.25) is 0 Å². The largest absolute Gasteiger partial charge is 0.300 e. The first-order chi connectivity index (χ1) is 13.1. The third-order valence-corrected chi connectivity index (χ3v) is 6.87. The fourth-order valence-corrected chi connectivity index (χ4v) is 5.27. The summed E-state index contributed by atoms with van der Waals surface area (Å²) >= 11 is 0. The molecule has 0 amide bonds. The van der Waals surface area contributed by atoms with E-state index in [1.54, 1.807) is 12.1 Å². The Kier molecular flexibility index (Phi) is 4.87. The summed E-state index contributed by atoms with van der Waals surface area (Å²) in [6.07, 6.45) is 3.76. The molecule has 0 atom stereocenters. The summed E-state index contributed by atoms with van der Waals surface area (Å²) in [4.78, 5) is 4.71. The van der Waals surface area contributed by atoms with Gasteiger partial charge in [0.05, 0.1) is 0 Å². The maximum absolute atomic E-state index is 13.4. The van der Waals surface area contributed by atoms with Crippen LogP contribution < -0.4 is 16.2 Å². The Balaban J connectivity index is 1.87. The average Bonchev–Trinajstić information content (AvgIpc) is 3.15. The number of aryl methyl sites for hydroxylation is 2. The predicted octanol–water partition coefficient (Wildman–Crippen LogP) is 4.39. The Bertz CT molecular complexity index is 990. The first kappa shape index (κ1) is 17.6. The van der Waals surface area contributed by atoms with E-state index >= 15 is 0 Å². The van der Waals surface area contributed by atoms with Crippen molar-refractivity contribution in [3.05, 3.63) is 102 Å². The minimum absolute atomic E-state index is 0.236. The summed E-state index contributed by atoms with van der Waals surface area (Å²) in [5, 5.41) is 2.49. The monoisotopic (exact) mass is 374 g/mol. The van der Waals surface area contributed by atoms with E-state index < -0.39 is 7.92 Å². The Morgan fingerprint density at radius 1 is 0.741 bits per heavy atom. The molecular weight excluding hydrogens is 354 g/mol. The van der Waals surface area contributed by atoms with Crippen LogP contribution in [0, 0.1) is 19.7 Å². The molecule has 4 heteroatoms. The number of hydrogen-bond acceptors (Lipinski definition) is 1. The number of benzene rings is 3. The molecule has 134 valence electrons. The first-order valence-corrected chi connectivity index (χ1v) is 10.2.